The molecule has 0 amide bonds. The lowest BCUT2D eigenvalue weighted by atomic mass is 10.2. The summed E-state index contributed by atoms with van der Waals surface area (Å²) in [6.07, 6.45) is 0. The van der Waals surface area contributed by atoms with E-state index in [0.717, 1.165) is 12.3 Å². The molecular formula is C17H22NO2+. The van der Waals surface area contributed by atoms with E-state index in [1.54, 1.807) is 0 Å². The van der Waals surface area contributed by atoms with E-state index in [4.69, 9.17) is 9.57 Å². The number of para-hydroxylation sites is 1. The van der Waals surface area contributed by atoms with Crippen LogP contribution < -0.4 is 4.74 Å². The van der Waals surface area contributed by atoms with Crippen molar-refractivity contribution in [2.75, 3.05) is 27.3 Å². The molecule has 0 saturated heterocycles. The summed E-state index contributed by atoms with van der Waals surface area (Å²) in [4.78, 5) is 5.87. The van der Waals surface area contributed by atoms with Gasteiger partial charge in [-0.2, -0.15) is 9.48 Å². The SMILES string of the molecule is C[N+](C)(Cc1ccccc1)OCCOc1ccccc1. The first-order valence-corrected chi connectivity index (χ1v) is 6.85. The van der Waals surface area contributed by atoms with Crippen molar-refractivity contribution in [3.8, 4) is 5.75 Å². The van der Waals surface area contributed by atoms with Gasteiger partial charge in [-0.1, -0.05) is 48.5 Å². The Balaban J connectivity index is 1.72. The van der Waals surface area contributed by atoms with Crippen LogP contribution in [-0.4, -0.2) is 32.0 Å². The topological polar surface area (TPSA) is 18.5 Å². The van der Waals surface area contributed by atoms with Gasteiger partial charge in [-0.05, 0) is 12.1 Å². The molecule has 0 heterocycles. The van der Waals surface area contributed by atoms with Gasteiger partial charge in [0.25, 0.3) is 0 Å². The van der Waals surface area contributed by atoms with Crippen molar-refractivity contribution in [3.63, 3.8) is 0 Å². The van der Waals surface area contributed by atoms with Gasteiger partial charge < -0.3 is 4.74 Å². The molecule has 0 aromatic heterocycles. The molecule has 106 valence electrons. The molecule has 2 aromatic carbocycles. The highest BCUT2D eigenvalue weighted by atomic mass is 16.7. The largest absolute Gasteiger partial charge is 0.491 e. The van der Waals surface area contributed by atoms with Crippen molar-refractivity contribution in [1.29, 1.82) is 0 Å². The number of ether oxygens (including phenoxy) is 1. The molecule has 0 aliphatic carbocycles. The second-order valence-corrected chi connectivity index (χ2v) is 5.21. The lowest BCUT2D eigenvalue weighted by molar-refractivity contribution is -1.09. The van der Waals surface area contributed by atoms with E-state index in [0.29, 0.717) is 17.9 Å². The van der Waals surface area contributed by atoms with Crippen LogP contribution in [0.4, 0.5) is 0 Å². The molecule has 3 heteroatoms. The van der Waals surface area contributed by atoms with Crippen molar-refractivity contribution >= 4 is 0 Å². The van der Waals surface area contributed by atoms with E-state index < -0.39 is 0 Å². The highest BCUT2D eigenvalue weighted by Gasteiger charge is 2.17. The third kappa shape index (κ3) is 5.03. The van der Waals surface area contributed by atoms with Gasteiger partial charge in [0, 0.05) is 5.56 Å². The average Bonchev–Trinajstić information content (AvgIpc) is 2.45. The molecule has 0 aliphatic rings. The summed E-state index contributed by atoms with van der Waals surface area (Å²) >= 11 is 0. The van der Waals surface area contributed by atoms with E-state index in [-0.39, 0.29) is 0 Å². The summed E-state index contributed by atoms with van der Waals surface area (Å²) in [5.74, 6) is 0.879. The second kappa shape index (κ2) is 7.08. The molecule has 0 aliphatic heterocycles. The van der Waals surface area contributed by atoms with Gasteiger partial charge in [0.2, 0.25) is 0 Å². The summed E-state index contributed by atoms with van der Waals surface area (Å²) in [5, 5.41) is 0. The summed E-state index contributed by atoms with van der Waals surface area (Å²) < 4.78 is 6.10. The molecule has 3 nitrogen and oxygen atoms in total. The highest BCUT2D eigenvalue weighted by Crippen LogP contribution is 2.11. The van der Waals surface area contributed by atoms with E-state index in [2.05, 4.69) is 26.2 Å². The van der Waals surface area contributed by atoms with Crippen molar-refractivity contribution in [2.24, 2.45) is 0 Å². The quantitative estimate of drug-likeness (QED) is 0.437. The molecule has 0 radical (unpaired) electrons. The van der Waals surface area contributed by atoms with Crippen LogP contribution in [0.15, 0.2) is 60.7 Å². The van der Waals surface area contributed by atoms with Crippen LogP contribution in [-0.2, 0) is 11.4 Å². The normalized spacial score (nSPS) is 11.3. The Kier molecular flexibility index (Phi) is 5.16. The minimum Gasteiger partial charge on any atom is -0.491 e. The van der Waals surface area contributed by atoms with Gasteiger partial charge in [0.15, 0.2) is 0 Å². The van der Waals surface area contributed by atoms with Crippen LogP contribution >= 0.6 is 0 Å². The van der Waals surface area contributed by atoms with E-state index in [1.165, 1.54) is 5.56 Å². The second-order valence-electron chi connectivity index (χ2n) is 5.21. The number of hydrogen-bond donors (Lipinski definition) is 0. The molecule has 0 bridgehead atoms. The van der Waals surface area contributed by atoms with Gasteiger partial charge in [-0.15, -0.1) is 0 Å². The fourth-order valence-corrected chi connectivity index (χ4v) is 2.03. The maximum Gasteiger partial charge on any atom is 0.140 e. The number of hydrogen-bond acceptors (Lipinski definition) is 2. The molecule has 0 fully saturated rings. The molecule has 2 rings (SSSR count). The van der Waals surface area contributed by atoms with E-state index in [9.17, 15) is 0 Å². The summed E-state index contributed by atoms with van der Waals surface area (Å²) in [7, 11) is 4.10. The monoisotopic (exact) mass is 272 g/mol. The summed E-state index contributed by atoms with van der Waals surface area (Å²) in [5.41, 5.74) is 1.27. The van der Waals surface area contributed by atoms with Crippen LogP contribution in [0.2, 0.25) is 0 Å². The maximum absolute atomic E-state index is 5.87. The number of rotatable bonds is 7. The molecule has 0 saturated carbocycles. The Morgan fingerprint density at radius 3 is 2.05 bits per heavy atom. The first-order valence-electron chi connectivity index (χ1n) is 6.85. The highest BCUT2D eigenvalue weighted by molar-refractivity contribution is 5.20. The molecule has 0 N–H and O–H groups in total. The van der Waals surface area contributed by atoms with Gasteiger partial charge in [0.1, 0.15) is 25.5 Å². The van der Waals surface area contributed by atoms with Crippen LogP contribution in [0.3, 0.4) is 0 Å². The van der Waals surface area contributed by atoms with Crippen molar-refractivity contribution in [1.82, 2.24) is 0 Å². The van der Waals surface area contributed by atoms with E-state index >= 15 is 0 Å². The number of benzene rings is 2. The zero-order valence-electron chi connectivity index (χ0n) is 12.2. The average molecular weight is 272 g/mol. The Morgan fingerprint density at radius 2 is 1.40 bits per heavy atom. The molecule has 2 aromatic rings. The zero-order valence-corrected chi connectivity index (χ0v) is 12.2. The molecular weight excluding hydrogens is 250 g/mol. The number of quaternary nitrogens is 1. The smallest absolute Gasteiger partial charge is 0.140 e. The standard InChI is InChI=1S/C17H22NO2/c1-18(2,15-16-9-5-3-6-10-16)20-14-13-19-17-11-7-4-8-12-17/h3-12H,13-15H2,1-2H3/q+1. The third-order valence-electron chi connectivity index (χ3n) is 2.94. The molecule has 0 atom stereocenters. The first kappa shape index (κ1) is 14.6. The van der Waals surface area contributed by atoms with Crippen molar-refractivity contribution in [3.05, 3.63) is 66.2 Å². The minimum atomic E-state index is 0.488. The Morgan fingerprint density at radius 1 is 0.800 bits per heavy atom. The zero-order chi connectivity index (χ0) is 14.3. The number of hydroxylamine groups is 3. The minimum absolute atomic E-state index is 0.488. The third-order valence-corrected chi connectivity index (χ3v) is 2.94. The molecule has 20 heavy (non-hydrogen) atoms. The predicted molar refractivity (Wildman–Crippen MR) is 80.1 cm³/mol. The molecule has 0 unspecified atom stereocenters. The van der Waals surface area contributed by atoms with Gasteiger partial charge >= 0.3 is 0 Å². The van der Waals surface area contributed by atoms with Crippen LogP contribution in [0.1, 0.15) is 5.56 Å². The summed E-state index contributed by atoms with van der Waals surface area (Å²) in [6.45, 7) is 1.96. The van der Waals surface area contributed by atoms with Gasteiger partial charge in [-0.3, -0.25) is 0 Å². The van der Waals surface area contributed by atoms with Crippen molar-refractivity contribution in [2.45, 2.75) is 6.54 Å². The lowest BCUT2D eigenvalue weighted by Crippen LogP contribution is -2.39. The lowest BCUT2D eigenvalue weighted by Gasteiger charge is -2.26. The Labute approximate surface area is 120 Å². The predicted octanol–water partition coefficient (Wildman–Crippen LogP) is 3.27. The Hall–Kier alpha value is -1.84. The van der Waals surface area contributed by atoms with Crippen LogP contribution in [0, 0.1) is 0 Å². The van der Waals surface area contributed by atoms with Gasteiger partial charge in [-0.25, -0.2) is 0 Å². The fraction of sp³-hybridized carbons (Fsp3) is 0.294. The van der Waals surface area contributed by atoms with E-state index in [1.807, 2.05) is 48.5 Å². The van der Waals surface area contributed by atoms with Gasteiger partial charge in [0.05, 0.1) is 14.1 Å². The maximum atomic E-state index is 5.87. The summed E-state index contributed by atoms with van der Waals surface area (Å²) in [6, 6.07) is 20.2. The fourth-order valence-electron chi connectivity index (χ4n) is 2.03. The first-order chi connectivity index (χ1) is 9.66. The Bertz CT molecular complexity index is 497. The number of nitrogens with zero attached hydrogens (tertiary/aromatic N) is 1. The van der Waals surface area contributed by atoms with Crippen LogP contribution in [0.25, 0.3) is 0 Å². The van der Waals surface area contributed by atoms with Crippen molar-refractivity contribution < 1.29 is 14.2 Å². The van der Waals surface area contributed by atoms with Crippen LogP contribution in [0.5, 0.6) is 5.75 Å². The molecule has 0 spiro atoms.